The Morgan fingerprint density at radius 1 is 1.24 bits per heavy atom. The van der Waals surface area contributed by atoms with Crippen LogP contribution in [0.1, 0.15) is 33.3 Å². The number of benzene rings is 1. The van der Waals surface area contributed by atoms with Crippen LogP contribution in [0, 0.1) is 5.92 Å². The van der Waals surface area contributed by atoms with Gasteiger partial charge in [0.15, 0.2) is 0 Å². The van der Waals surface area contributed by atoms with Crippen molar-refractivity contribution in [2.24, 2.45) is 5.92 Å². The van der Waals surface area contributed by atoms with Gasteiger partial charge in [-0.1, -0.05) is 51.1 Å². The van der Waals surface area contributed by atoms with Crippen molar-refractivity contribution in [1.29, 1.82) is 0 Å². The number of rotatable bonds is 10. The van der Waals surface area contributed by atoms with Crippen LogP contribution in [0.2, 0.25) is 0 Å². The van der Waals surface area contributed by atoms with Gasteiger partial charge in [-0.05, 0) is 12.5 Å². The van der Waals surface area contributed by atoms with E-state index >= 15 is 0 Å². The number of hydrogen-bond acceptors (Lipinski definition) is 5. The van der Waals surface area contributed by atoms with E-state index in [0.717, 1.165) is 5.56 Å². The van der Waals surface area contributed by atoms with Crippen LogP contribution in [0.5, 0.6) is 0 Å². The van der Waals surface area contributed by atoms with Gasteiger partial charge in [0, 0.05) is 24.8 Å². The lowest BCUT2D eigenvalue weighted by Crippen LogP contribution is -2.64. The Labute approximate surface area is 155 Å². The third-order valence-electron chi connectivity index (χ3n) is 4.08. The summed E-state index contributed by atoms with van der Waals surface area (Å²) in [4.78, 5) is 25.0. The first-order valence-electron chi connectivity index (χ1n) is 8.42. The van der Waals surface area contributed by atoms with E-state index in [9.17, 15) is 14.7 Å². The second-order valence-corrected chi connectivity index (χ2v) is 6.30. The Morgan fingerprint density at radius 3 is 2.24 bits per heavy atom. The molecule has 0 spiro atoms. The standard InChI is InChI=1S/C18H28N2O4S/c1-5-19(6-2)20(16(21)14(3)13-25)18(4,17(22)23)24-12-15-10-8-7-9-11-15/h7-11,14,25H,5-6,12-13H2,1-4H3,(H,22,23)/t14-,18?/m1/s1. The van der Waals surface area contributed by atoms with Crippen molar-refractivity contribution in [3.05, 3.63) is 35.9 Å². The Balaban J connectivity index is 3.20. The summed E-state index contributed by atoms with van der Waals surface area (Å²) >= 11 is 4.18. The van der Waals surface area contributed by atoms with Gasteiger partial charge in [0.2, 0.25) is 5.91 Å². The first-order chi connectivity index (χ1) is 11.8. The molecule has 7 heteroatoms. The lowest BCUT2D eigenvalue weighted by Gasteiger charge is -2.44. The van der Waals surface area contributed by atoms with E-state index in [-0.39, 0.29) is 12.5 Å². The van der Waals surface area contributed by atoms with Crippen molar-refractivity contribution < 1.29 is 19.4 Å². The average Bonchev–Trinajstić information content (AvgIpc) is 2.63. The van der Waals surface area contributed by atoms with Gasteiger partial charge in [0.25, 0.3) is 5.72 Å². The van der Waals surface area contributed by atoms with E-state index in [1.807, 2.05) is 44.2 Å². The molecule has 0 aliphatic heterocycles. The molecule has 0 radical (unpaired) electrons. The first kappa shape index (κ1) is 21.5. The molecule has 0 aromatic heterocycles. The summed E-state index contributed by atoms with van der Waals surface area (Å²) in [6, 6.07) is 9.28. The van der Waals surface area contributed by atoms with E-state index < -0.39 is 17.6 Å². The molecule has 1 unspecified atom stereocenters. The van der Waals surface area contributed by atoms with Crippen LogP contribution < -0.4 is 0 Å². The molecule has 6 nitrogen and oxygen atoms in total. The lowest BCUT2D eigenvalue weighted by atomic mass is 10.1. The van der Waals surface area contributed by atoms with Crippen LogP contribution >= 0.6 is 12.6 Å². The Morgan fingerprint density at radius 2 is 1.80 bits per heavy atom. The summed E-state index contributed by atoms with van der Waals surface area (Å²) in [6.45, 7) is 7.94. The second kappa shape index (κ2) is 9.79. The fraction of sp³-hybridized carbons (Fsp3) is 0.556. The summed E-state index contributed by atoms with van der Waals surface area (Å²) in [5.74, 6) is -1.64. The maximum Gasteiger partial charge on any atom is 0.358 e. The van der Waals surface area contributed by atoms with Crippen molar-refractivity contribution in [2.45, 2.75) is 40.0 Å². The molecular weight excluding hydrogens is 340 g/mol. The van der Waals surface area contributed by atoms with Gasteiger partial charge < -0.3 is 9.84 Å². The van der Waals surface area contributed by atoms with Crippen molar-refractivity contribution in [2.75, 3.05) is 18.8 Å². The number of thiol groups is 1. The lowest BCUT2D eigenvalue weighted by molar-refractivity contribution is -0.239. The van der Waals surface area contributed by atoms with Crippen LogP contribution in [0.15, 0.2) is 30.3 Å². The molecule has 0 heterocycles. The van der Waals surface area contributed by atoms with E-state index in [1.54, 1.807) is 11.9 Å². The Hall–Kier alpha value is -1.57. The average molecular weight is 368 g/mol. The monoisotopic (exact) mass is 368 g/mol. The largest absolute Gasteiger partial charge is 0.478 e. The number of carboxylic acids is 1. The SMILES string of the molecule is CCN(CC)N(C(=O)[C@H](C)CS)C(C)(OCc1ccccc1)C(=O)O. The molecule has 0 aliphatic carbocycles. The van der Waals surface area contributed by atoms with Crippen molar-refractivity contribution in [3.8, 4) is 0 Å². The highest BCUT2D eigenvalue weighted by atomic mass is 32.1. The normalized spacial score (nSPS) is 14.8. The van der Waals surface area contributed by atoms with Crippen LogP contribution in [0.4, 0.5) is 0 Å². The third kappa shape index (κ3) is 5.20. The molecule has 0 aliphatic rings. The number of carbonyl (C=O) groups is 2. The molecule has 1 rings (SSSR count). The zero-order valence-corrected chi connectivity index (χ0v) is 16.2. The number of carbonyl (C=O) groups excluding carboxylic acids is 1. The van der Waals surface area contributed by atoms with Gasteiger partial charge >= 0.3 is 5.97 Å². The van der Waals surface area contributed by atoms with Gasteiger partial charge in [0.05, 0.1) is 6.61 Å². The molecule has 25 heavy (non-hydrogen) atoms. The molecule has 0 saturated heterocycles. The number of hydrazine groups is 1. The highest BCUT2D eigenvalue weighted by molar-refractivity contribution is 7.80. The van der Waals surface area contributed by atoms with Gasteiger partial charge in [-0.25, -0.2) is 14.8 Å². The molecule has 0 saturated carbocycles. The highest BCUT2D eigenvalue weighted by Crippen LogP contribution is 2.25. The molecule has 1 aromatic carbocycles. The quantitative estimate of drug-likeness (QED) is 0.377. The number of carboxylic acid groups (broad SMARTS) is 1. The Kier molecular flexibility index (Phi) is 8.41. The summed E-state index contributed by atoms with van der Waals surface area (Å²) in [5.41, 5.74) is -0.972. The molecule has 2 atom stereocenters. The minimum Gasteiger partial charge on any atom is -0.478 e. The predicted molar refractivity (Wildman–Crippen MR) is 100 cm³/mol. The van der Waals surface area contributed by atoms with Crippen LogP contribution in [-0.4, -0.2) is 51.6 Å². The molecule has 0 fully saturated rings. The number of aliphatic carboxylic acids is 1. The van der Waals surface area contributed by atoms with Crippen LogP contribution in [-0.2, 0) is 20.9 Å². The van der Waals surface area contributed by atoms with Gasteiger partial charge in [-0.3, -0.25) is 4.79 Å². The predicted octanol–water partition coefficient (Wildman–Crippen LogP) is 2.66. The summed E-state index contributed by atoms with van der Waals surface area (Å²) in [7, 11) is 0. The molecule has 1 aromatic rings. The topological polar surface area (TPSA) is 70.1 Å². The number of nitrogens with zero attached hydrogens (tertiary/aromatic N) is 2. The zero-order valence-electron chi connectivity index (χ0n) is 15.3. The smallest absolute Gasteiger partial charge is 0.358 e. The fourth-order valence-electron chi connectivity index (χ4n) is 2.42. The van der Waals surface area contributed by atoms with Gasteiger partial charge in [0.1, 0.15) is 0 Å². The summed E-state index contributed by atoms with van der Waals surface area (Å²) < 4.78 is 5.78. The second-order valence-electron chi connectivity index (χ2n) is 5.93. The minimum atomic E-state index is -1.81. The molecule has 1 amide bonds. The Bertz CT molecular complexity index is 565. The molecule has 140 valence electrons. The van der Waals surface area contributed by atoms with Crippen LogP contribution in [0.3, 0.4) is 0 Å². The maximum atomic E-state index is 12.9. The van der Waals surface area contributed by atoms with E-state index in [2.05, 4.69) is 12.6 Å². The minimum absolute atomic E-state index is 0.0872. The van der Waals surface area contributed by atoms with Crippen molar-refractivity contribution in [1.82, 2.24) is 10.0 Å². The van der Waals surface area contributed by atoms with Crippen LogP contribution in [0.25, 0.3) is 0 Å². The fourth-order valence-corrected chi connectivity index (χ4v) is 2.58. The number of amides is 1. The maximum absolute atomic E-state index is 12.9. The van der Waals surface area contributed by atoms with E-state index in [4.69, 9.17) is 4.74 Å². The molecular formula is C18H28N2O4S. The highest BCUT2D eigenvalue weighted by Gasteiger charge is 2.47. The van der Waals surface area contributed by atoms with Crippen molar-refractivity contribution in [3.63, 3.8) is 0 Å². The van der Waals surface area contributed by atoms with E-state index in [0.29, 0.717) is 18.8 Å². The number of hydrogen-bond donors (Lipinski definition) is 2. The summed E-state index contributed by atoms with van der Waals surface area (Å²) in [6.07, 6.45) is 0. The molecule has 1 N–H and O–H groups in total. The summed E-state index contributed by atoms with van der Waals surface area (Å²) in [5, 5.41) is 12.8. The zero-order chi connectivity index (χ0) is 19.0. The van der Waals surface area contributed by atoms with Gasteiger partial charge in [-0.15, -0.1) is 0 Å². The van der Waals surface area contributed by atoms with Crippen molar-refractivity contribution >= 4 is 24.5 Å². The number of ether oxygens (including phenoxy) is 1. The third-order valence-corrected chi connectivity index (χ3v) is 4.63. The molecule has 0 bridgehead atoms. The first-order valence-corrected chi connectivity index (χ1v) is 9.06. The van der Waals surface area contributed by atoms with E-state index in [1.165, 1.54) is 11.9 Å². The van der Waals surface area contributed by atoms with Gasteiger partial charge in [-0.2, -0.15) is 12.6 Å².